The van der Waals surface area contributed by atoms with E-state index in [1.54, 1.807) is 30.5 Å². The third kappa shape index (κ3) is 5.03. The summed E-state index contributed by atoms with van der Waals surface area (Å²) in [5, 5.41) is 6.24. The number of carbonyl (C=O) groups is 1. The first-order valence-corrected chi connectivity index (χ1v) is 12.8. The number of rotatable bonds is 6. The summed E-state index contributed by atoms with van der Waals surface area (Å²) in [6.07, 6.45) is -1.38. The van der Waals surface area contributed by atoms with Crippen molar-refractivity contribution < 1.29 is 27.1 Å². The van der Waals surface area contributed by atoms with Gasteiger partial charge in [0.25, 0.3) is 5.91 Å². The molecule has 4 aromatic rings. The summed E-state index contributed by atoms with van der Waals surface area (Å²) in [4.78, 5) is 28.0. The minimum atomic E-state index is -4.62. The van der Waals surface area contributed by atoms with Crippen LogP contribution in [0.15, 0.2) is 40.3 Å². The average molecular weight is 547 g/mol. The largest absolute Gasteiger partial charge is 0.494 e. The molecule has 0 saturated carbocycles. The van der Waals surface area contributed by atoms with Crippen molar-refractivity contribution in [3.8, 4) is 17.2 Å². The van der Waals surface area contributed by atoms with Gasteiger partial charge in [0.2, 0.25) is 5.89 Å². The van der Waals surface area contributed by atoms with Crippen molar-refractivity contribution in [3.63, 3.8) is 0 Å². The highest BCUT2D eigenvalue weighted by atomic mass is 32.1. The van der Waals surface area contributed by atoms with E-state index in [1.165, 1.54) is 19.2 Å². The van der Waals surface area contributed by atoms with Gasteiger partial charge in [0.15, 0.2) is 16.6 Å². The summed E-state index contributed by atoms with van der Waals surface area (Å²) in [5.74, 6) is -0.0250. The van der Waals surface area contributed by atoms with Crippen LogP contribution in [0.25, 0.3) is 22.4 Å². The van der Waals surface area contributed by atoms with Crippen molar-refractivity contribution in [1.29, 1.82) is 0 Å². The van der Waals surface area contributed by atoms with E-state index >= 15 is 0 Å². The number of piperidine rings is 1. The molecule has 1 aliphatic heterocycles. The molecule has 1 fully saturated rings. The number of aromatic nitrogens is 3. The van der Waals surface area contributed by atoms with Gasteiger partial charge in [-0.05, 0) is 44.0 Å². The Balaban J connectivity index is 1.43. The number of nitrogens with one attached hydrogen (secondary N) is 1. The number of oxazole rings is 1. The lowest BCUT2D eigenvalue weighted by Gasteiger charge is -2.32. The van der Waals surface area contributed by atoms with Gasteiger partial charge in [-0.1, -0.05) is 0 Å². The number of pyridine rings is 1. The molecule has 1 atom stereocenters. The number of amides is 1. The number of ether oxygens (including phenoxy) is 1. The van der Waals surface area contributed by atoms with Crippen LogP contribution in [0.2, 0.25) is 0 Å². The molecule has 3 aromatic heterocycles. The van der Waals surface area contributed by atoms with Crippen molar-refractivity contribution in [2.24, 2.45) is 5.73 Å². The van der Waals surface area contributed by atoms with Gasteiger partial charge >= 0.3 is 6.18 Å². The Kier molecular flexibility index (Phi) is 6.97. The average Bonchev–Trinajstić information content (AvgIpc) is 3.58. The van der Waals surface area contributed by atoms with E-state index in [0.29, 0.717) is 10.9 Å². The van der Waals surface area contributed by atoms with Crippen LogP contribution >= 0.6 is 11.3 Å². The fourth-order valence-corrected chi connectivity index (χ4v) is 5.16. The number of halogens is 3. The Morgan fingerprint density at radius 2 is 2.00 bits per heavy atom. The second-order valence-corrected chi connectivity index (χ2v) is 9.85. The predicted molar refractivity (Wildman–Crippen MR) is 136 cm³/mol. The Hall–Kier alpha value is -3.71. The molecule has 3 N–H and O–H groups in total. The first-order valence-electron chi connectivity index (χ1n) is 11.9. The second kappa shape index (κ2) is 10.2. The number of alkyl halides is 3. The molecule has 1 aliphatic rings. The molecular weight excluding hydrogens is 521 g/mol. The minimum absolute atomic E-state index is 0.00152. The van der Waals surface area contributed by atoms with E-state index in [2.05, 4.69) is 25.2 Å². The maximum absolute atomic E-state index is 13.3. The van der Waals surface area contributed by atoms with Crippen LogP contribution in [-0.4, -0.2) is 47.1 Å². The number of anilines is 1. The first kappa shape index (κ1) is 25.9. The number of benzene rings is 1. The Morgan fingerprint density at radius 1 is 1.24 bits per heavy atom. The van der Waals surface area contributed by atoms with E-state index in [0.717, 1.165) is 37.1 Å². The summed E-state index contributed by atoms with van der Waals surface area (Å²) in [6, 6.07) is 4.54. The molecule has 0 radical (unpaired) electrons. The SMILES string of the molecule is COc1ccc(-c2nc(C(=O)NC3CCN(c4nccs4)CC3)c([C@H](C)N)o2)c2ccc(C(F)(F)F)nc12. The van der Waals surface area contributed by atoms with Crippen LogP contribution in [0, 0.1) is 0 Å². The monoisotopic (exact) mass is 546 g/mol. The summed E-state index contributed by atoms with van der Waals surface area (Å²) in [6.45, 7) is 3.18. The highest BCUT2D eigenvalue weighted by molar-refractivity contribution is 7.13. The van der Waals surface area contributed by atoms with Crippen LogP contribution in [0.4, 0.5) is 18.3 Å². The number of hydrogen-bond acceptors (Lipinski definition) is 9. The number of hydrogen-bond donors (Lipinski definition) is 2. The molecule has 4 heterocycles. The summed E-state index contributed by atoms with van der Waals surface area (Å²) < 4.78 is 51.0. The van der Waals surface area contributed by atoms with Crippen molar-refractivity contribution in [3.05, 3.63) is 53.0 Å². The molecule has 1 amide bonds. The lowest BCUT2D eigenvalue weighted by Crippen LogP contribution is -2.45. The van der Waals surface area contributed by atoms with Gasteiger partial charge in [0.1, 0.15) is 17.0 Å². The molecule has 200 valence electrons. The van der Waals surface area contributed by atoms with Crippen molar-refractivity contribution in [2.45, 2.75) is 38.0 Å². The molecule has 1 saturated heterocycles. The first-order chi connectivity index (χ1) is 18.2. The van der Waals surface area contributed by atoms with Gasteiger partial charge in [-0.3, -0.25) is 4.79 Å². The zero-order chi connectivity index (χ0) is 27.0. The molecule has 0 aliphatic carbocycles. The number of nitrogens with zero attached hydrogens (tertiary/aromatic N) is 4. The third-order valence-electron chi connectivity index (χ3n) is 6.36. The molecule has 13 heteroatoms. The summed E-state index contributed by atoms with van der Waals surface area (Å²) in [7, 11) is 1.35. The van der Waals surface area contributed by atoms with E-state index < -0.39 is 23.8 Å². The van der Waals surface area contributed by atoms with Crippen LogP contribution < -0.4 is 20.7 Å². The van der Waals surface area contributed by atoms with Gasteiger partial charge in [-0.25, -0.2) is 15.0 Å². The quantitative estimate of drug-likeness (QED) is 0.354. The Bertz CT molecular complexity index is 1450. The topological polar surface area (TPSA) is 119 Å². The second-order valence-electron chi connectivity index (χ2n) is 8.98. The fourth-order valence-electron chi connectivity index (χ4n) is 4.46. The molecule has 0 bridgehead atoms. The fraction of sp³-hybridized carbons (Fsp3) is 0.360. The van der Waals surface area contributed by atoms with Crippen molar-refractivity contribution in [1.82, 2.24) is 20.3 Å². The van der Waals surface area contributed by atoms with E-state index in [9.17, 15) is 18.0 Å². The lowest BCUT2D eigenvalue weighted by molar-refractivity contribution is -0.140. The Labute approximate surface area is 219 Å². The summed E-state index contributed by atoms with van der Waals surface area (Å²) in [5.41, 5.74) is 5.44. The minimum Gasteiger partial charge on any atom is -0.494 e. The molecule has 9 nitrogen and oxygen atoms in total. The van der Waals surface area contributed by atoms with Gasteiger partial charge in [0, 0.05) is 41.7 Å². The number of fused-ring (bicyclic) bond motifs is 1. The van der Waals surface area contributed by atoms with Gasteiger partial charge in [-0.2, -0.15) is 13.2 Å². The molecule has 1 aromatic carbocycles. The molecule has 5 rings (SSSR count). The molecule has 0 unspecified atom stereocenters. The van der Waals surface area contributed by atoms with E-state index in [-0.39, 0.29) is 34.7 Å². The van der Waals surface area contributed by atoms with Crippen LogP contribution in [-0.2, 0) is 6.18 Å². The van der Waals surface area contributed by atoms with Gasteiger partial charge in [0.05, 0.1) is 13.2 Å². The molecule has 38 heavy (non-hydrogen) atoms. The third-order valence-corrected chi connectivity index (χ3v) is 7.20. The smallest absolute Gasteiger partial charge is 0.433 e. The van der Waals surface area contributed by atoms with Crippen molar-refractivity contribution in [2.75, 3.05) is 25.1 Å². The normalized spacial score (nSPS) is 15.6. The molecular formula is C25H25F3N6O3S. The number of methoxy groups -OCH3 is 1. The zero-order valence-electron chi connectivity index (χ0n) is 20.6. The lowest BCUT2D eigenvalue weighted by atomic mass is 10.0. The standard InChI is InChI=1S/C25H25F3N6O3S/c1-13(29)21-20(22(35)31-14-7-10-34(11-8-14)24-30-9-12-38-24)33-23(37-21)16-3-5-17(36-2)19-15(16)4-6-18(32-19)25(26,27)28/h3-6,9,12-14H,7-8,10-11,29H2,1-2H3,(H,31,35)/t13-/m0/s1. The maximum atomic E-state index is 13.3. The summed E-state index contributed by atoms with van der Waals surface area (Å²) >= 11 is 1.58. The molecule has 0 spiro atoms. The highest BCUT2D eigenvalue weighted by Gasteiger charge is 2.33. The maximum Gasteiger partial charge on any atom is 0.433 e. The van der Waals surface area contributed by atoms with Crippen LogP contribution in [0.5, 0.6) is 5.75 Å². The van der Waals surface area contributed by atoms with Crippen LogP contribution in [0.3, 0.4) is 0 Å². The zero-order valence-corrected chi connectivity index (χ0v) is 21.4. The number of nitrogens with two attached hydrogens (primary N) is 1. The van der Waals surface area contributed by atoms with Gasteiger partial charge in [-0.15, -0.1) is 11.3 Å². The number of carbonyl (C=O) groups excluding carboxylic acids is 1. The van der Waals surface area contributed by atoms with Crippen LogP contribution in [0.1, 0.15) is 47.7 Å². The number of thiazole rings is 1. The van der Waals surface area contributed by atoms with Crippen molar-refractivity contribution >= 4 is 33.3 Å². The Morgan fingerprint density at radius 3 is 2.63 bits per heavy atom. The van der Waals surface area contributed by atoms with Gasteiger partial charge < -0.3 is 25.1 Å². The van der Waals surface area contributed by atoms with E-state index in [1.807, 2.05) is 5.38 Å². The van der Waals surface area contributed by atoms with E-state index in [4.69, 9.17) is 14.9 Å². The highest BCUT2D eigenvalue weighted by Crippen LogP contribution is 2.37. The predicted octanol–water partition coefficient (Wildman–Crippen LogP) is 4.79.